The highest BCUT2D eigenvalue weighted by Crippen LogP contribution is 2.13. The Kier molecular flexibility index (Phi) is 46.7. The molecular formula is C62H114N28O12S. The Morgan fingerprint density at radius 3 is 0.893 bits per heavy atom. The predicted molar refractivity (Wildman–Crippen MR) is 395 cm³/mol. The van der Waals surface area contributed by atoms with Crippen LogP contribution in [-0.2, 0) is 59.2 Å². The molecule has 0 radical (unpaired) electrons. The number of thiol groups is 1. The molecule has 0 heterocycles. The number of carbonyl (C=O) groups excluding carboxylic acids is 10. The van der Waals surface area contributed by atoms with Crippen LogP contribution in [0.4, 0.5) is 0 Å². The molecule has 10 amide bonds. The summed E-state index contributed by atoms with van der Waals surface area (Å²) in [6.07, 6.45) is 2.16. The van der Waals surface area contributed by atoms with Crippen molar-refractivity contribution in [2.45, 2.75) is 196 Å². The van der Waals surface area contributed by atoms with Crippen molar-refractivity contribution in [2.75, 3.05) is 58.1 Å². The Balaban J connectivity index is 3.89. The van der Waals surface area contributed by atoms with Crippen molar-refractivity contribution >= 4 is 107 Å². The summed E-state index contributed by atoms with van der Waals surface area (Å²) >= 11 is 4.02. The quantitative estimate of drug-likeness (QED) is 0.0125. The van der Waals surface area contributed by atoms with Gasteiger partial charge in [0.05, 0.1) is 12.6 Å². The highest BCUT2D eigenvalue weighted by atomic mass is 32.1. The second-order valence-electron chi connectivity index (χ2n) is 24.1. The van der Waals surface area contributed by atoms with Crippen molar-refractivity contribution < 1.29 is 57.8 Å². The van der Waals surface area contributed by atoms with E-state index in [1.54, 1.807) is 24.3 Å². The molecule has 0 saturated heterocycles. The standard InChI is InChI=1S/C62H114N28O12S/c1-2-3-18-39(56(100)90-46(35-103)57(101)102)83-51(95)42(22-12-29-77-59(68)69)87-55(99)45(25-15-32-80-62(74)75)89-54(98)44(24-14-31-79-61(72)73)86-50(94)40(20-8-10-27-64)84-52(96)43(23-13-30-78-60(70)71)88-53(97)41(21-11-28-76-58(66)67)85-49(93)38(19-7-9-26-63)82-47(91)34-81-48(92)37(65)33-36-16-5-4-6-17-36/h4-6,16-17,37-46,103H,2-3,7-15,18-35,63-65H2,1H3,(H,81,92)(H,82,91)(H,83,95)(H,84,96)(H,85,93)(H,86,94)(H,87,99)(H,88,97)(H,89,98)(H,90,100)(H,101,102)(H4,66,67,76)(H4,68,69,77)(H4,70,71,78)(H4,72,73,79)(H4,74,75,80)/t37-,38-,39-,40-,41-,42-,43-,44-,45-,46-/m0/s1. The number of hydrogen-bond acceptors (Lipinski definition) is 20. The summed E-state index contributed by atoms with van der Waals surface area (Å²) in [5.41, 5.74) is 74.5. The topological polar surface area (TPSA) is 728 Å². The Bertz CT molecular complexity index is 2960. The summed E-state index contributed by atoms with van der Waals surface area (Å²) in [6.45, 7) is 1.56. The normalized spacial score (nSPS) is 13.7. The molecule has 580 valence electrons. The first-order valence-corrected chi connectivity index (χ1v) is 34.9. The van der Waals surface area contributed by atoms with Crippen molar-refractivity contribution in [3.63, 3.8) is 0 Å². The Hall–Kier alpha value is -10.0. The molecule has 0 spiro atoms. The fourth-order valence-corrected chi connectivity index (χ4v) is 10.2. The average molecular weight is 1480 g/mol. The monoisotopic (exact) mass is 1470 g/mol. The molecule has 0 aliphatic carbocycles. The van der Waals surface area contributed by atoms with Crippen LogP contribution in [0.1, 0.15) is 134 Å². The number of carboxylic acid groups (broad SMARTS) is 1. The molecule has 0 aliphatic rings. The first-order chi connectivity index (χ1) is 49.0. The maximum atomic E-state index is 14.8. The van der Waals surface area contributed by atoms with Gasteiger partial charge in [-0.15, -0.1) is 0 Å². The van der Waals surface area contributed by atoms with Crippen LogP contribution in [0, 0.1) is 0 Å². The van der Waals surface area contributed by atoms with Gasteiger partial charge in [0.2, 0.25) is 59.1 Å². The number of nitrogens with zero attached hydrogens (tertiary/aromatic N) is 5. The molecule has 37 N–H and O–H groups in total. The molecule has 1 aromatic carbocycles. The van der Waals surface area contributed by atoms with Crippen LogP contribution in [0.25, 0.3) is 0 Å². The average Bonchev–Trinajstić information content (AvgIpc) is 0.867. The fourth-order valence-electron chi connectivity index (χ4n) is 9.93. The van der Waals surface area contributed by atoms with E-state index in [0.717, 1.165) is 5.56 Å². The maximum Gasteiger partial charge on any atom is 0.327 e. The number of unbranched alkanes of at least 4 members (excludes halogenated alkanes) is 3. The largest absolute Gasteiger partial charge is 0.480 e. The van der Waals surface area contributed by atoms with Crippen LogP contribution < -0.4 is 128 Å². The minimum Gasteiger partial charge on any atom is -0.480 e. The van der Waals surface area contributed by atoms with Crippen LogP contribution in [-0.4, -0.2) is 218 Å². The van der Waals surface area contributed by atoms with Gasteiger partial charge in [-0.2, -0.15) is 12.6 Å². The Morgan fingerprint density at radius 1 is 0.379 bits per heavy atom. The molecule has 1 aromatic rings. The summed E-state index contributed by atoms with van der Waals surface area (Å²) in [5.74, 6) is -11.5. The van der Waals surface area contributed by atoms with E-state index < -0.39 is 132 Å². The van der Waals surface area contributed by atoms with Crippen LogP contribution in [0.15, 0.2) is 55.3 Å². The molecule has 0 fully saturated rings. The highest BCUT2D eigenvalue weighted by Gasteiger charge is 2.36. The number of nitrogens with two attached hydrogens (primary N) is 13. The van der Waals surface area contributed by atoms with Gasteiger partial charge >= 0.3 is 5.97 Å². The first-order valence-electron chi connectivity index (χ1n) is 34.3. The third-order valence-electron chi connectivity index (χ3n) is 15.4. The highest BCUT2D eigenvalue weighted by molar-refractivity contribution is 7.80. The summed E-state index contributed by atoms with van der Waals surface area (Å²) in [6, 6.07) is -4.81. The zero-order valence-corrected chi connectivity index (χ0v) is 59.7. The van der Waals surface area contributed by atoms with Gasteiger partial charge in [0.1, 0.15) is 54.4 Å². The molecule has 1 rings (SSSR count). The number of carboxylic acids is 1. The SMILES string of the molecule is CCCC[C@H](NC(=O)[C@H](CCCN=C(N)N)NC(=O)[C@H](CCCN=C(N)N)NC(=O)[C@H](CCCN=C(N)N)NC(=O)[C@H](CCCCN)NC(=O)[C@H](CCCN=C(N)N)NC(=O)[C@H](CCCN=C(N)N)NC(=O)[C@H](CCCCN)NC(=O)CNC(=O)[C@@H](N)Cc1ccccc1)C(=O)N[C@@H](CS)C(=O)O. The molecule has 0 unspecified atom stereocenters. The lowest BCUT2D eigenvalue weighted by molar-refractivity contribution is -0.141. The van der Waals surface area contributed by atoms with Gasteiger partial charge in [-0.05, 0) is 134 Å². The van der Waals surface area contributed by atoms with Crippen LogP contribution >= 0.6 is 12.6 Å². The van der Waals surface area contributed by atoms with Gasteiger partial charge in [0.15, 0.2) is 29.8 Å². The first kappa shape index (κ1) is 91.0. The maximum absolute atomic E-state index is 14.8. The van der Waals surface area contributed by atoms with Crippen molar-refractivity contribution in [2.24, 2.45) is 99.5 Å². The van der Waals surface area contributed by atoms with Gasteiger partial charge in [0, 0.05) is 38.5 Å². The van der Waals surface area contributed by atoms with Crippen molar-refractivity contribution in [3.05, 3.63) is 35.9 Å². The lowest BCUT2D eigenvalue weighted by Crippen LogP contribution is -2.60. The van der Waals surface area contributed by atoms with Crippen molar-refractivity contribution in [3.8, 4) is 0 Å². The minimum atomic E-state index is -1.52. The van der Waals surface area contributed by atoms with E-state index in [0.29, 0.717) is 32.1 Å². The molecule has 0 aromatic heterocycles. The number of guanidine groups is 5. The molecule has 0 saturated carbocycles. The number of benzene rings is 1. The van der Waals surface area contributed by atoms with Gasteiger partial charge in [-0.25, -0.2) is 4.79 Å². The molecule has 41 heteroatoms. The summed E-state index contributed by atoms with van der Waals surface area (Å²) < 4.78 is 0. The van der Waals surface area contributed by atoms with E-state index in [1.165, 1.54) is 0 Å². The lowest BCUT2D eigenvalue weighted by atomic mass is 10.0. The molecule has 0 bridgehead atoms. The number of nitrogens with one attached hydrogen (secondary N) is 10. The molecular weight excluding hydrogens is 1360 g/mol. The van der Waals surface area contributed by atoms with Crippen LogP contribution in [0.5, 0.6) is 0 Å². The number of hydrogen-bond donors (Lipinski definition) is 25. The van der Waals surface area contributed by atoms with E-state index in [4.69, 9.17) is 74.5 Å². The second kappa shape index (κ2) is 52.9. The van der Waals surface area contributed by atoms with Gasteiger partial charge in [-0.1, -0.05) is 50.1 Å². The number of aliphatic carboxylic acids is 1. The van der Waals surface area contributed by atoms with Gasteiger partial charge in [-0.3, -0.25) is 72.9 Å². The van der Waals surface area contributed by atoms with E-state index in [2.05, 4.69) is 90.8 Å². The minimum absolute atomic E-state index is 0.00490. The zero-order valence-electron chi connectivity index (χ0n) is 58.8. The van der Waals surface area contributed by atoms with Crippen molar-refractivity contribution in [1.82, 2.24) is 53.2 Å². The van der Waals surface area contributed by atoms with E-state index >= 15 is 0 Å². The fraction of sp³-hybridized carbons (Fsp3) is 0.645. The van der Waals surface area contributed by atoms with Gasteiger partial charge in [0.25, 0.3) is 0 Å². The number of amides is 10. The second-order valence-corrected chi connectivity index (χ2v) is 24.5. The third-order valence-corrected chi connectivity index (χ3v) is 15.8. The Labute approximate surface area is 605 Å². The van der Waals surface area contributed by atoms with Crippen molar-refractivity contribution in [1.29, 1.82) is 0 Å². The van der Waals surface area contributed by atoms with E-state index in [9.17, 15) is 57.8 Å². The summed E-state index contributed by atoms with van der Waals surface area (Å²) in [4.78, 5) is 174. The molecule has 10 atom stereocenters. The Morgan fingerprint density at radius 2 is 0.641 bits per heavy atom. The van der Waals surface area contributed by atoms with Gasteiger partial charge < -0.3 is 133 Å². The van der Waals surface area contributed by atoms with Crippen LogP contribution in [0.2, 0.25) is 0 Å². The van der Waals surface area contributed by atoms with Crippen LogP contribution in [0.3, 0.4) is 0 Å². The number of carbonyl (C=O) groups is 11. The summed E-state index contributed by atoms with van der Waals surface area (Å²) in [7, 11) is 0. The molecule has 0 aliphatic heterocycles. The zero-order chi connectivity index (χ0) is 77.2. The predicted octanol–water partition coefficient (Wildman–Crippen LogP) is -8.23. The molecule has 103 heavy (non-hydrogen) atoms. The summed E-state index contributed by atoms with van der Waals surface area (Å²) in [5, 5.41) is 35.8. The van der Waals surface area contributed by atoms with E-state index in [-0.39, 0.29) is 178 Å². The smallest absolute Gasteiger partial charge is 0.327 e. The molecule has 40 nitrogen and oxygen atoms in total. The number of aliphatic imine (C=N–C) groups is 5. The third kappa shape index (κ3) is 41.5. The lowest BCUT2D eigenvalue weighted by Gasteiger charge is -2.28. The van der Waals surface area contributed by atoms with E-state index in [1.807, 2.05) is 13.0 Å². The number of rotatable bonds is 55.